The Morgan fingerprint density at radius 1 is 1.11 bits per heavy atom. The smallest absolute Gasteiger partial charge is 0.419 e. The summed E-state index contributed by atoms with van der Waals surface area (Å²) >= 11 is 0. The zero-order chi connectivity index (χ0) is 25.7. The van der Waals surface area contributed by atoms with E-state index in [4.69, 9.17) is 9.47 Å². The largest absolute Gasteiger partial charge is 0.493 e. The van der Waals surface area contributed by atoms with Gasteiger partial charge in [0.2, 0.25) is 0 Å². The topological polar surface area (TPSA) is 50.8 Å². The lowest BCUT2D eigenvalue weighted by atomic mass is 9.85. The van der Waals surface area contributed by atoms with E-state index in [1.165, 1.54) is 6.07 Å². The molecule has 1 amide bonds. The van der Waals surface area contributed by atoms with Gasteiger partial charge in [0.25, 0.3) is 0 Å². The summed E-state index contributed by atoms with van der Waals surface area (Å²) in [5.74, 6) is 0.268. The number of carbonyl (C=O) groups is 1. The highest BCUT2D eigenvalue weighted by Gasteiger charge is 2.42. The van der Waals surface area contributed by atoms with Gasteiger partial charge in [-0.25, -0.2) is 4.79 Å². The third-order valence-corrected chi connectivity index (χ3v) is 7.92. The molecular weight excluding hydrogens is 469 g/mol. The van der Waals surface area contributed by atoms with Crippen molar-refractivity contribution in [3.05, 3.63) is 53.1 Å². The van der Waals surface area contributed by atoms with E-state index < -0.39 is 17.8 Å². The highest BCUT2D eigenvalue weighted by atomic mass is 19.4. The van der Waals surface area contributed by atoms with E-state index >= 15 is 0 Å². The number of carbonyl (C=O) groups excluding carboxylic acids is 1. The van der Waals surface area contributed by atoms with Crippen molar-refractivity contribution in [3.8, 4) is 16.9 Å². The predicted molar refractivity (Wildman–Crippen MR) is 131 cm³/mol. The number of ether oxygens (including phenoxy) is 2. The molecule has 6 rings (SSSR count). The summed E-state index contributed by atoms with van der Waals surface area (Å²) in [6.07, 6.45) is -2.14. The van der Waals surface area contributed by atoms with E-state index in [1.54, 1.807) is 13.0 Å². The molecule has 1 N–H and O–H groups in total. The van der Waals surface area contributed by atoms with Crippen molar-refractivity contribution in [2.24, 2.45) is 11.3 Å². The number of benzene rings is 2. The van der Waals surface area contributed by atoms with Crippen LogP contribution in [0.15, 0.2) is 36.4 Å². The Morgan fingerprint density at radius 3 is 2.44 bits per heavy atom. The van der Waals surface area contributed by atoms with E-state index in [0.717, 1.165) is 49.7 Å². The van der Waals surface area contributed by atoms with Crippen molar-refractivity contribution in [2.45, 2.75) is 58.4 Å². The molecule has 2 aromatic carbocycles. The van der Waals surface area contributed by atoms with Crippen LogP contribution in [0, 0.1) is 11.3 Å². The minimum Gasteiger partial charge on any atom is -0.493 e. The molecule has 3 heterocycles. The van der Waals surface area contributed by atoms with E-state index in [1.807, 2.05) is 18.2 Å². The lowest BCUT2D eigenvalue weighted by Gasteiger charge is -2.44. The first-order chi connectivity index (χ1) is 17.0. The maximum absolute atomic E-state index is 13.6. The number of halogens is 3. The summed E-state index contributed by atoms with van der Waals surface area (Å²) in [4.78, 5) is 15.2. The summed E-state index contributed by atoms with van der Waals surface area (Å²) in [5.41, 5.74) is 2.14. The Labute approximate surface area is 210 Å². The number of alkyl halides is 3. The number of alkyl carbamates (subject to hydrolysis) is 1. The van der Waals surface area contributed by atoms with Gasteiger partial charge in [-0.15, -0.1) is 0 Å². The molecule has 3 fully saturated rings. The number of hydrogen-bond acceptors (Lipinski definition) is 4. The summed E-state index contributed by atoms with van der Waals surface area (Å²) in [6, 6.07) is 9.63. The van der Waals surface area contributed by atoms with Crippen molar-refractivity contribution in [1.29, 1.82) is 0 Å². The summed E-state index contributed by atoms with van der Waals surface area (Å²) in [6.45, 7) is 8.95. The van der Waals surface area contributed by atoms with E-state index in [0.29, 0.717) is 23.5 Å². The van der Waals surface area contributed by atoms with Gasteiger partial charge >= 0.3 is 12.3 Å². The number of fused-ring (bicyclic) bond motifs is 4. The Bertz CT molecular complexity index is 1140. The van der Waals surface area contributed by atoms with Gasteiger partial charge in [-0.1, -0.05) is 38.1 Å². The number of piperidine rings is 3. The van der Waals surface area contributed by atoms with Gasteiger partial charge < -0.3 is 14.8 Å². The van der Waals surface area contributed by atoms with Crippen LogP contribution in [0.25, 0.3) is 11.1 Å². The standard InChI is InChI=1S/C28H33F3N2O3/c1-4-35-23-8-6-19(14-22(23)28(29,30)31)18-5-7-21-20(13-18)15-27(2,3)25(21)32-26(34)36-24-16-33-11-9-17(24)10-12-33/h5-8,13-14,17,24-25H,4,9-12,15-16H2,1-3H3,(H,32,34)/t24-,25?/m1/s1. The van der Waals surface area contributed by atoms with Crippen LogP contribution in [0.4, 0.5) is 18.0 Å². The lowest BCUT2D eigenvalue weighted by Crippen LogP contribution is -2.53. The molecule has 3 aliphatic heterocycles. The molecule has 5 nitrogen and oxygen atoms in total. The molecule has 8 heteroatoms. The molecule has 36 heavy (non-hydrogen) atoms. The minimum atomic E-state index is -4.51. The first-order valence-corrected chi connectivity index (χ1v) is 12.7. The molecule has 0 radical (unpaired) electrons. The second kappa shape index (κ2) is 9.29. The lowest BCUT2D eigenvalue weighted by molar-refractivity contribution is -0.138. The third-order valence-electron chi connectivity index (χ3n) is 7.92. The molecule has 2 atom stereocenters. The molecule has 0 spiro atoms. The molecular formula is C28H33F3N2O3. The van der Waals surface area contributed by atoms with E-state index in [2.05, 4.69) is 24.1 Å². The first kappa shape index (κ1) is 24.9. The van der Waals surface area contributed by atoms with Gasteiger partial charge in [0.05, 0.1) is 18.2 Å². The summed E-state index contributed by atoms with van der Waals surface area (Å²) in [7, 11) is 0. The van der Waals surface area contributed by atoms with Crippen LogP contribution in [0.3, 0.4) is 0 Å². The van der Waals surface area contributed by atoms with Crippen LogP contribution >= 0.6 is 0 Å². The first-order valence-electron chi connectivity index (χ1n) is 12.7. The van der Waals surface area contributed by atoms with Gasteiger partial charge in [0.1, 0.15) is 11.9 Å². The van der Waals surface area contributed by atoms with Crippen LogP contribution < -0.4 is 10.1 Å². The molecule has 2 aromatic rings. The Balaban J connectivity index is 1.36. The van der Waals surface area contributed by atoms with Crippen molar-refractivity contribution in [2.75, 3.05) is 26.2 Å². The highest BCUT2D eigenvalue weighted by Crippen LogP contribution is 2.47. The molecule has 0 saturated carbocycles. The zero-order valence-corrected chi connectivity index (χ0v) is 21.0. The molecule has 2 bridgehead atoms. The summed E-state index contributed by atoms with van der Waals surface area (Å²) < 4.78 is 52.0. The molecule has 1 aliphatic carbocycles. The predicted octanol–water partition coefficient (Wildman–Crippen LogP) is 6.21. The molecule has 4 aliphatic rings. The van der Waals surface area contributed by atoms with Gasteiger partial charge in [0, 0.05) is 6.54 Å². The fourth-order valence-electron chi connectivity index (χ4n) is 6.05. The Hall–Kier alpha value is -2.74. The number of rotatable bonds is 5. The second-order valence-corrected chi connectivity index (χ2v) is 10.9. The maximum atomic E-state index is 13.6. The normalized spacial score (nSPS) is 26.4. The number of amides is 1. The maximum Gasteiger partial charge on any atom is 0.419 e. The second-order valence-electron chi connectivity index (χ2n) is 10.9. The highest BCUT2D eigenvalue weighted by molar-refractivity contribution is 5.71. The quantitative estimate of drug-likeness (QED) is 0.528. The van der Waals surface area contributed by atoms with Gasteiger partial charge in [0.15, 0.2) is 0 Å². The molecule has 194 valence electrons. The number of hydrogen-bond donors (Lipinski definition) is 1. The molecule has 0 aromatic heterocycles. The fourth-order valence-corrected chi connectivity index (χ4v) is 6.05. The third kappa shape index (κ3) is 4.80. The van der Waals surface area contributed by atoms with Crippen LogP contribution in [0.5, 0.6) is 5.75 Å². The van der Waals surface area contributed by atoms with E-state index in [9.17, 15) is 18.0 Å². The molecule has 1 unspecified atom stereocenters. The monoisotopic (exact) mass is 502 g/mol. The minimum absolute atomic E-state index is 0.0682. The van der Waals surface area contributed by atoms with Crippen LogP contribution in [-0.2, 0) is 17.3 Å². The Morgan fingerprint density at radius 2 is 1.81 bits per heavy atom. The Kier molecular flexibility index (Phi) is 6.43. The average molecular weight is 503 g/mol. The summed E-state index contributed by atoms with van der Waals surface area (Å²) in [5, 5.41) is 3.10. The average Bonchev–Trinajstić information content (AvgIpc) is 3.08. The zero-order valence-electron chi connectivity index (χ0n) is 21.0. The van der Waals surface area contributed by atoms with Gasteiger partial charge in [-0.3, -0.25) is 4.90 Å². The fraction of sp³-hybridized carbons (Fsp3) is 0.536. The molecule has 3 saturated heterocycles. The van der Waals surface area contributed by atoms with Gasteiger partial charge in [-0.05, 0) is 85.0 Å². The van der Waals surface area contributed by atoms with Crippen molar-refractivity contribution in [3.63, 3.8) is 0 Å². The van der Waals surface area contributed by atoms with Crippen LogP contribution in [0.2, 0.25) is 0 Å². The number of nitrogens with one attached hydrogen (secondary N) is 1. The van der Waals surface area contributed by atoms with Crippen molar-refractivity contribution in [1.82, 2.24) is 10.2 Å². The van der Waals surface area contributed by atoms with E-state index in [-0.39, 0.29) is 29.9 Å². The van der Waals surface area contributed by atoms with Gasteiger partial charge in [-0.2, -0.15) is 13.2 Å². The van der Waals surface area contributed by atoms with Crippen molar-refractivity contribution >= 4 is 6.09 Å². The SMILES string of the molecule is CCOc1ccc(-c2ccc3c(c2)CC(C)(C)C3NC(=O)O[C@@H]2CN3CCC2CC3)cc1C(F)(F)F. The van der Waals surface area contributed by atoms with Crippen LogP contribution in [0.1, 0.15) is 56.3 Å². The van der Waals surface area contributed by atoms with Crippen LogP contribution in [-0.4, -0.2) is 43.3 Å². The van der Waals surface area contributed by atoms with Crippen molar-refractivity contribution < 1.29 is 27.4 Å². The number of nitrogens with zero attached hydrogens (tertiary/aromatic N) is 1.